The van der Waals surface area contributed by atoms with Crippen LogP contribution in [0.25, 0.3) is 0 Å². The van der Waals surface area contributed by atoms with E-state index in [2.05, 4.69) is 0 Å². The SMILES string of the molecule is O=C(OC1CCC=CO1)C1CCC=CO1. The summed E-state index contributed by atoms with van der Waals surface area (Å²) in [5, 5.41) is 0. The van der Waals surface area contributed by atoms with Crippen LogP contribution in [0.4, 0.5) is 0 Å². The number of hydrogen-bond acceptors (Lipinski definition) is 4. The minimum Gasteiger partial charge on any atom is -0.487 e. The summed E-state index contributed by atoms with van der Waals surface area (Å²) in [7, 11) is 0. The largest absolute Gasteiger partial charge is 0.487 e. The summed E-state index contributed by atoms with van der Waals surface area (Å²) in [6.45, 7) is 0. The molecule has 2 rings (SSSR count). The smallest absolute Gasteiger partial charge is 0.350 e. The Labute approximate surface area is 88.5 Å². The lowest BCUT2D eigenvalue weighted by Crippen LogP contribution is -2.31. The molecule has 4 heteroatoms. The van der Waals surface area contributed by atoms with Crippen LogP contribution in [0.15, 0.2) is 24.7 Å². The topological polar surface area (TPSA) is 44.8 Å². The standard InChI is InChI=1S/C11H14O4/c12-11(9-5-1-3-7-13-9)15-10-6-2-4-8-14-10/h3-4,7-10H,1-2,5-6H2. The summed E-state index contributed by atoms with van der Waals surface area (Å²) >= 11 is 0. The first-order valence-corrected chi connectivity index (χ1v) is 5.18. The third-order valence-corrected chi connectivity index (χ3v) is 2.34. The van der Waals surface area contributed by atoms with Gasteiger partial charge in [-0.15, -0.1) is 0 Å². The highest BCUT2D eigenvalue weighted by Crippen LogP contribution is 2.16. The zero-order valence-electron chi connectivity index (χ0n) is 8.43. The maximum Gasteiger partial charge on any atom is 0.350 e. The molecule has 2 heterocycles. The van der Waals surface area contributed by atoms with Crippen LogP contribution in [-0.4, -0.2) is 18.4 Å². The Hall–Kier alpha value is -1.45. The van der Waals surface area contributed by atoms with E-state index in [1.165, 1.54) is 0 Å². The molecule has 0 N–H and O–H groups in total. The van der Waals surface area contributed by atoms with E-state index in [9.17, 15) is 4.79 Å². The van der Waals surface area contributed by atoms with Gasteiger partial charge >= 0.3 is 5.97 Å². The Kier molecular flexibility index (Phi) is 3.27. The predicted octanol–water partition coefficient (Wildman–Crippen LogP) is 1.87. The number of rotatable bonds is 2. The van der Waals surface area contributed by atoms with Crippen LogP contribution in [-0.2, 0) is 19.0 Å². The summed E-state index contributed by atoms with van der Waals surface area (Å²) in [4.78, 5) is 11.6. The van der Waals surface area contributed by atoms with Crippen molar-refractivity contribution in [1.29, 1.82) is 0 Å². The average molecular weight is 210 g/mol. The lowest BCUT2D eigenvalue weighted by molar-refractivity contribution is -0.181. The molecular weight excluding hydrogens is 196 g/mol. The molecule has 0 saturated carbocycles. The van der Waals surface area contributed by atoms with E-state index in [1.807, 2.05) is 12.2 Å². The normalized spacial score (nSPS) is 29.1. The van der Waals surface area contributed by atoms with Crippen LogP contribution in [0, 0.1) is 0 Å². The number of ether oxygens (including phenoxy) is 3. The quantitative estimate of drug-likeness (QED) is 0.653. The fraction of sp³-hybridized carbons (Fsp3) is 0.545. The van der Waals surface area contributed by atoms with E-state index in [-0.39, 0.29) is 5.97 Å². The molecule has 15 heavy (non-hydrogen) atoms. The molecular formula is C11H14O4. The van der Waals surface area contributed by atoms with Crippen LogP contribution in [0.5, 0.6) is 0 Å². The molecule has 0 amide bonds. The van der Waals surface area contributed by atoms with Crippen molar-refractivity contribution in [2.75, 3.05) is 0 Å². The summed E-state index contributed by atoms with van der Waals surface area (Å²) < 4.78 is 15.5. The molecule has 4 nitrogen and oxygen atoms in total. The molecule has 2 aliphatic rings. The van der Waals surface area contributed by atoms with Gasteiger partial charge in [0, 0.05) is 6.42 Å². The van der Waals surface area contributed by atoms with E-state index >= 15 is 0 Å². The molecule has 0 spiro atoms. The van der Waals surface area contributed by atoms with Crippen LogP contribution < -0.4 is 0 Å². The first kappa shape index (κ1) is 10.1. The summed E-state index contributed by atoms with van der Waals surface area (Å²) in [5.74, 6) is -0.334. The molecule has 0 fully saturated rings. The van der Waals surface area contributed by atoms with Gasteiger partial charge in [-0.1, -0.05) is 0 Å². The van der Waals surface area contributed by atoms with Gasteiger partial charge < -0.3 is 14.2 Å². The van der Waals surface area contributed by atoms with Crippen molar-refractivity contribution in [2.45, 2.75) is 38.1 Å². The maximum atomic E-state index is 11.6. The molecule has 2 unspecified atom stereocenters. The van der Waals surface area contributed by atoms with Crippen molar-refractivity contribution in [3.63, 3.8) is 0 Å². The molecule has 0 aromatic rings. The highest BCUT2D eigenvalue weighted by atomic mass is 16.7. The number of hydrogen-bond donors (Lipinski definition) is 0. The van der Waals surface area contributed by atoms with Gasteiger partial charge in [-0.25, -0.2) is 4.79 Å². The van der Waals surface area contributed by atoms with Crippen LogP contribution in [0.1, 0.15) is 25.7 Å². The molecule has 0 aliphatic carbocycles. The van der Waals surface area contributed by atoms with E-state index in [4.69, 9.17) is 14.2 Å². The monoisotopic (exact) mass is 210 g/mol. The first-order chi connectivity index (χ1) is 7.36. The van der Waals surface area contributed by atoms with Gasteiger partial charge in [0.05, 0.1) is 12.5 Å². The van der Waals surface area contributed by atoms with Crippen molar-refractivity contribution in [3.05, 3.63) is 24.7 Å². The zero-order valence-corrected chi connectivity index (χ0v) is 8.43. The predicted molar refractivity (Wildman–Crippen MR) is 52.6 cm³/mol. The fourth-order valence-electron chi connectivity index (χ4n) is 1.51. The molecule has 2 aliphatic heterocycles. The average Bonchev–Trinajstić information content (AvgIpc) is 2.31. The van der Waals surface area contributed by atoms with Crippen molar-refractivity contribution in [1.82, 2.24) is 0 Å². The lowest BCUT2D eigenvalue weighted by Gasteiger charge is -2.23. The number of carbonyl (C=O) groups is 1. The van der Waals surface area contributed by atoms with Crippen molar-refractivity contribution in [3.8, 4) is 0 Å². The van der Waals surface area contributed by atoms with Crippen LogP contribution in [0.2, 0.25) is 0 Å². The second kappa shape index (κ2) is 4.87. The summed E-state index contributed by atoms with van der Waals surface area (Å²) in [6, 6.07) is 0. The third kappa shape index (κ3) is 2.75. The van der Waals surface area contributed by atoms with Crippen molar-refractivity contribution >= 4 is 5.97 Å². The lowest BCUT2D eigenvalue weighted by atomic mass is 10.1. The Bertz CT molecular complexity index is 282. The minimum absolute atomic E-state index is 0.334. The van der Waals surface area contributed by atoms with Gasteiger partial charge in [-0.3, -0.25) is 0 Å². The Morgan fingerprint density at radius 2 is 1.87 bits per heavy atom. The van der Waals surface area contributed by atoms with Crippen molar-refractivity contribution < 1.29 is 19.0 Å². The fourth-order valence-corrected chi connectivity index (χ4v) is 1.51. The Balaban J connectivity index is 1.80. The summed E-state index contributed by atoms with van der Waals surface area (Å²) in [6.07, 6.45) is 9.13. The van der Waals surface area contributed by atoms with Crippen molar-refractivity contribution in [2.24, 2.45) is 0 Å². The molecule has 2 atom stereocenters. The van der Waals surface area contributed by atoms with Gasteiger partial charge in [0.2, 0.25) is 6.29 Å². The molecule has 0 aromatic carbocycles. The van der Waals surface area contributed by atoms with E-state index in [1.54, 1.807) is 12.5 Å². The number of allylic oxidation sites excluding steroid dienone is 2. The van der Waals surface area contributed by atoms with Crippen LogP contribution in [0.3, 0.4) is 0 Å². The van der Waals surface area contributed by atoms with Gasteiger partial charge in [0.25, 0.3) is 0 Å². The number of esters is 1. The van der Waals surface area contributed by atoms with E-state index in [0.717, 1.165) is 12.8 Å². The maximum absolute atomic E-state index is 11.6. The van der Waals surface area contributed by atoms with Gasteiger partial charge in [0.1, 0.15) is 0 Å². The molecule has 0 saturated heterocycles. The molecule has 0 bridgehead atoms. The van der Waals surface area contributed by atoms with Gasteiger partial charge in [-0.2, -0.15) is 0 Å². The molecule has 0 radical (unpaired) electrons. The highest BCUT2D eigenvalue weighted by molar-refractivity contribution is 5.75. The second-order valence-corrected chi connectivity index (χ2v) is 3.53. The highest BCUT2D eigenvalue weighted by Gasteiger charge is 2.25. The minimum atomic E-state index is -0.468. The molecule has 0 aromatic heterocycles. The number of carbonyl (C=O) groups excluding carboxylic acids is 1. The molecule has 82 valence electrons. The Morgan fingerprint density at radius 3 is 2.47 bits per heavy atom. The van der Waals surface area contributed by atoms with E-state index in [0.29, 0.717) is 12.8 Å². The zero-order chi connectivity index (χ0) is 10.5. The van der Waals surface area contributed by atoms with Gasteiger partial charge in [-0.05, 0) is 31.4 Å². The van der Waals surface area contributed by atoms with Crippen LogP contribution >= 0.6 is 0 Å². The summed E-state index contributed by atoms with van der Waals surface area (Å²) in [5.41, 5.74) is 0. The van der Waals surface area contributed by atoms with Gasteiger partial charge in [0.15, 0.2) is 6.10 Å². The van der Waals surface area contributed by atoms with E-state index < -0.39 is 12.4 Å². The first-order valence-electron chi connectivity index (χ1n) is 5.18. The third-order valence-electron chi connectivity index (χ3n) is 2.34. The Morgan fingerprint density at radius 1 is 1.13 bits per heavy atom. The second-order valence-electron chi connectivity index (χ2n) is 3.53.